The first-order valence-electron chi connectivity index (χ1n) is 6.11. The normalized spacial score (nSPS) is 10.5. The molecule has 7 nitrogen and oxygen atoms in total. The second-order valence-electron chi connectivity index (χ2n) is 4.70. The molecule has 0 radical (unpaired) electrons. The Labute approximate surface area is 130 Å². The number of aryl methyl sites for hydroxylation is 2. The first-order chi connectivity index (χ1) is 10.2. The highest BCUT2D eigenvalue weighted by Gasteiger charge is 2.24. The third-order valence-corrected chi connectivity index (χ3v) is 3.33. The van der Waals surface area contributed by atoms with E-state index in [0.717, 1.165) is 12.1 Å². The number of aromatic nitrogens is 1. The van der Waals surface area contributed by atoms with Gasteiger partial charge in [0.2, 0.25) is 5.75 Å². The van der Waals surface area contributed by atoms with Crippen LogP contribution in [0.2, 0.25) is 5.15 Å². The summed E-state index contributed by atoms with van der Waals surface area (Å²) in [6, 6.07) is 3.47. The predicted molar refractivity (Wildman–Crippen MR) is 78.6 cm³/mol. The smallest absolute Gasteiger partial charge is 0.315 e. The molecule has 0 saturated carbocycles. The molecule has 114 valence electrons. The van der Waals surface area contributed by atoms with Gasteiger partial charge in [-0.1, -0.05) is 11.6 Å². The van der Waals surface area contributed by atoms with E-state index in [9.17, 15) is 25.1 Å². The number of carbonyl (C=O) groups is 1. The van der Waals surface area contributed by atoms with E-state index in [1.54, 1.807) is 19.9 Å². The molecule has 0 saturated heterocycles. The van der Waals surface area contributed by atoms with E-state index in [1.807, 2.05) is 0 Å². The third-order valence-electron chi connectivity index (χ3n) is 3.06. The van der Waals surface area contributed by atoms with E-state index in [-0.39, 0.29) is 16.3 Å². The number of rotatable bonds is 3. The zero-order chi connectivity index (χ0) is 16.6. The highest BCUT2D eigenvalue weighted by Crippen LogP contribution is 2.37. The number of hydrogen-bond acceptors (Lipinski definition) is 6. The first kappa shape index (κ1) is 15.7. The molecule has 0 aliphatic rings. The van der Waals surface area contributed by atoms with Gasteiger partial charge in [-0.2, -0.15) is 0 Å². The Balaban J connectivity index is 2.63. The van der Waals surface area contributed by atoms with Crippen molar-refractivity contribution in [3.63, 3.8) is 0 Å². The second kappa shape index (κ2) is 5.61. The molecule has 0 aliphatic heterocycles. The van der Waals surface area contributed by atoms with Crippen LogP contribution >= 0.6 is 11.6 Å². The summed E-state index contributed by atoms with van der Waals surface area (Å²) < 4.78 is 0. The Morgan fingerprint density at radius 2 is 1.91 bits per heavy atom. The van der Waals surface area contributed by atoms with E-state index in [0.29, 0.717) is 11.3 Å². The summed E-state index contributed by atoms with van der Waals surface area (Å²) in [7, 11) is 0. The predicted octanol–water partition coefficient (Wildman–Crippen LogP) is 2.90. The van der Waals surface area contributed by atoms with Gasteiger partial charge in [-0.05, 0) is 31.5 Å². The van der Waals surface area contributed by atoms with E-state index in [4.69, 9.17) is 11.6 Å². The average Bonchev–Trinajstić information content (AvgIpc) is 2.39. The summed E-state index contributed by atoms with van der Waals surface area (Å²) in [5, 5.41) is 29.8. The largest absolute Gasteiger partial charge is 0.504 e. The number of pyridine rings is 1. The van der Waals surface area contributed by atoms with Crippen LogP contribution in [0.15, 0.2) is 18.2 Å². The summed E-state index contributed by atoms with van der Waals surface area (Å²) in [6.45, 7) is 3.37. The van der Waals surface area contributed by atoms with Crippen LogP contribution in [0.3, 0.4) is 0 Å². The van der Waals surface area contributed by atoms with Crippen LogP contribution in [0.1, 0.15) is 27.2 Å². The quantitative estimate of drug-likeness (QED) is 0.295. The van der Waals surface area contributed by atoms with Gasteiger partial charge in [0, 0.05) is 17.3 Å². The summed E-state index contributed by atoms with van der Waals surface area (Å²) >= 11 is 5.98. The van der Waals surface area contributed by atoms with Crippen molar-refractivity contribution in [1.29, 1.82) is 0 Å². The number of carbonyl (C=O) groups excluding carboxylic acids is 1. The average molecular weight is 323 g/mol. The van der Waals surface area contributed by atoms with Gasteiger partial charge in [-0.25, -0.2) is 4.98 Å². The number of phenols is 2. The maximum Gasteiger partial charge on any atom is 0.315 e. The molecule has 0 unspecified atom stereocenters. The van der Waals surface area contributed by atoms with Crippen LogP contribution in [0, 0.1) is 24.0 Å². The fraction of sp³-hybridized carbons (Fsp3) is 0.143. The van der Waals surface area contributed by atoms with Crippen LogP contribution in [0.4, 0.5) is 5.69 Å². The molecule has 22 heavy (non-hydrogen) atoms. The fourth-order valence-electron chi connectivity index (χ4n) is 2.08. The zero-order valence-electron chi connectivity index (χ0n) is 11.6. The molecular formula is C14H11ClN2O5. The maximum atomic E-state index is 12.5. The Hall–Kier alpha value is -2.67. The molecule has 8 heteroatoms. The van der Waals surface area contributed by atoms with Crippen molar-refractivity contribution in [1.82, 2.24) is 4.98 Å². The molecule has 2 N–H and O–H groups in total. The van der Waals surface area contributed by atoms with Crippen molar-refractivity contribution in [2.45, 2.75) is 13.8 Å². The molecular weight excluding hydrogens is 312 g/mol. The van der Waals surface area contributed by atoms with Gasteiger partial charge in [0.05, 0.1) is 10.5 Å². The number of ketones is 1. The van der Waals surface area contributed by atoms with Gasteiger partial charge in [0.15, 0.2) is 11.5 Å². The van der Waals surface area contributed by atoms with Crippen molar-refractivity contribution in [2.24, 2.45) is 0 Å². The number of halogens is 1. The summed E-state index contributed by atoms with van der Waals surface area (Å²) in [5.41, 5.74) is 0.331. The second-order valence-corrected chi connectivity index (χ2v) is 5.05. The molecule has 0 amide bonds. The number of phenolic OH excluding ortho intramolecular Hbond substituents is 2. The summed E-state index contributed by atoms with van der Waals surface area (Å²) in [4.78, 5) is 26.4. The van der Waals surface area contributed by atoms with Gasteiger partial charge in [0.1, 0.15) is 5.15 Å². The molecule has 0 aliphatic carbocycles. The zero-order valence-corrected chi connectivity index (χ0v) is 12.4. The minimum Gasteiger partial charge on any atom is -0.504 e. The number of nitrogens with zero attached hydrogens (tertiary/aromatic N) is 2. The standard InChI is InChI=1S/C14H11ClN2O5/c1-6-3-7(2)16-14(15)11(6)12(19)8-4-9(17(21)22)13(20)10(18)5-8/h3-5,18,20H,1-2H3. The molecule has 1 aromatic carbocycles. The van der Waals surface area contributed by atoms with Crippen molar-refractivity contribution in [2.75, 3.05) is 0 Å². The van der Waals surface area contributed by atoms with E-state index >= 15 is 0 Å². The van der Waals surface area contributed by atoms with Gasteiger partial charge in [-0.3, -0.25) is 14.9 Å². The minimum absolute atomic E-state index is 0.0299. The van der Waals surface area contributed by atoms with Crippen molar-refractivity contribution < 1.29 is 19.9 Å². The molecule has 1 heterocycles. The lowest BCUT2D eigenvalue weighted by molar-refractivity contribution is -0.386. The van der Waals surface area contributed by atoms with E-state index in [2.05, 4.69) is 4.98 Å². The minimum atomic E-state index is -0.897. The molecule has 0 atom stereocenters. The van der Waals surface area contributed by atoms with Crippen LogP contribution in [-0.2, 0) is 0 Å². The van der Waals surface area contributed by atoms with Gasteiger partial charge < -0.3 is 10.2 Å². The van der Waals surface area contributed by atoms with E-state index < -0.39 is 27.9 Å². The Morgan fingerprint density at radius 3 is 2.45 bits per heavy atom. The van der Waals surface area contributed by atoms with Gasteiger partial charge in [0.25, 0.3) is 0 Å². The SMILES string of the molecule is Cc1cc(C)c(C(=O)c2cc(O)c(O)c([N+](=O)[O-])c2)c(Cl)n1. The molecule has 0 fully saturated rings. The molecule has 2 aromatic rings. The van der Waals surface area contributed by atoms with Crippen LogP contribution in [-0.4, -0.2) is 25.9 Å². The number of nitro groups is 1. The summed E-state index contributed by atoms with van der Waals surface area (Å²) in [6.07, 6.45) is 0. The van der Waals surface area contributed by atoms with Gasteiger partial charge in [-0.15, -0.1) is 0 Å². The molecule has 1 aromatic heterocycles. The van der Waals surface area contributed by atoms with Crippen LogP contribution in [0.5, 0.6) is 11.5 Å². The Morgan fingerprint density at radius 1 is 1.27 bits per heavy atom. The van der Waals surface area contributed by atoms with Crippen LogP contribution in [0.25, 0.3) is 0 Å². The van der Waals surface area contributed by atoms with Crippen molar-refractivity contribution in [3.05, 3.63) is 55.9 Å². The molecule has 0 spiro atoms. The van der Waals surface area contributed by atoms with Gasteiger partial charge >= 0.3 is 5.69 Å². The molecule has 0 bridgehead atoms. The Kier molecular flexibility index (Phi) is 4.01. The Bertz CT molecular complexity index is 781. The fourth-order valence-corrected chi connectivity index (χ4v) is 2.45. The lowest BCUT2D eigenvalue weighted by atomic mass is 9.99. The lowest BCUT2D eigenvalue weighted by Gasteiger charge is -2.09. The van der Waals surface area contributed by atoms with Crippen molar-refractivity contribution >= 4 is 23.1 Å². The number of benzene rings is 1. The van der Waals surface area contributed by atoms with Crippen LogP contribution < -0.4 is 0 Å². The number of nitro benzene ring substituents is 1. The maximum absolute atomic E-state index is 12.5. The highest BCUT2D eigenvalue weighted by molar-refractivity contribution is 6.34. The third kappa shape index (κ3) is 2.71. The summed E-state index contributed by atoms with van der Waals surface area (Å²) in [5.74, 6) is -2.29. The van der Waals surface area contributed by atoms with Crippen molar-refractivity contribution in [3.8, 4) is 11.5 Å². The highest BCUT2D eigenvalue weighted by atomic mass is 35.5. The van der Waals surface area contributed by atoms with E-state index in [1.165, 1.54) is 0 Å². The topological polar surface area (TPSA) is 114 Å². The molecule has 2 rings (SSSR count). The number of aromatic hydroxyl groups is 2. The number of hydrogen-bond donors (Lipinski definition) is 2. The first-order valence-corrected chi connectivity index (χ1v) is 6.49. The monoisotopic (exact) mass is 322 g/mol. The lowest BCUT2D eigenvalue weighted by Crippen LogP contribution is -2.07.